The first-order chi connectivity index (χ1) is 11.7. The van der Waals surface area contributed by atoms with E-state index in [1.165, 1.54) is 31.2 Å². The van der Waals surface area contributed by atoms with E-state index in [9.17, 15) is 18.0 Å². The molecular formula is C16H13ClF3NO4. The van der Waals surface area contributed by atoms with E-state index in [4.69, 9.17) is 26.2 Å². The van der Waals surface area contributed by atoms with Crippen LogP contribution in [0.3, 0.4) is 0 Å². The molecule has 0 aliphatic rings. The molecule has 0 saturated heterocycles. The summed E-state index contributed by atoms with van der Waals surface area (Å²) in [4.78, 5) is 14.3. The number of ether oxygens (including phenoxy) is 2. The Hall–Kier alpha value is -2.48. The number of aliphatic carboxylic acids is 1. The Morgan fingerprint density at radius 1 is 1.28 bits per heavy atom. The number of aromatic nitrogens is 1. The molecule has 0 aliphatic carbocycles. The molecule has 2 rings (SSSR count). The van der Waals surface area contributed by atoms with Crippen LogP contribution in [0.25, 0.3) is 0 Å². The molecule has 1 heterocycles. The second-order valence-corrected chi connectivity index (χ2v) is 5.54. The van der Waals surface area contributed by atoms with Crippen molar-refractivity contribution < 1.29 is 32.5 Å². The van der Waals surface area contributed by atoms with E-state index in [0.717, 1.165) is 6.07 Å². The Morgan fingerprint density at radius 3 is 2.40 bits per heavy atom. The molecule has 1 N–H and O–H groups in total. The number of rotatable bonds is 6. The first kappa shape index (κ1) is 18.9. The first-order valence-corrected chi connectivity index (χ1v) is 7.41. The Kier molecular flexibility index (Phi) is 5.73. The van der Waals surface area contributed by atoms with Crippen LogP contribution in [0.2, 0.25) is 5.02 Å². The third kappa shape index (κ3) is 5.25. The highest BCUT2D eigenvalue weighted by atomic mass is 35.5. The minimum absolute atomic E-state index is 0.00181. The molecule has 0 fully saturated rings. The lowest BCUT2D eigenvalue weighted by atomic mass is 10.2. The quantitative estimate of drug-likeness (QED) is 0.796. The van der Waals surface area contributed by atoms with E-state index in [-0.39, 0.29) is 23.3 Å². The third-order valence-electron chi connectivity index (χ3n) is 3.09. The number of nitrogens with zero attached hydrogens (tertiary/aromatic N) is 1. The van der Waals surface area contributed by atoms with E-state index in [0.29, 0.717) is 11.9 Å². The fourth-order valence-electron chi connectivity index (χ4n) is 1.66. The lowest BCUT2D eigenvalue weighted by molar-refractivity contribution is -0.142. The Morgan fingerprint density at radius 2 is 1.88 bits per heavy atom. The van der Waals surface area contributed by atoms with Crippen molar-refractivity contribution in [2.45, 2.75) is 13.1 Å². The molecule has 1 aromatic heterocycles. The Labute approximate surface area is 146 Å². The lowest BCUT2D eigenvalue weighted by Gasteiger charge is -2.11. The zero-order chi connectivity index (χ0) is 18.6. The van der Waals surface area contributed by atoms with Crippen LogP contribution < -0.4 is 9.47 Å². The number of pyridine rings is 1. The number of carboxylic acid groups (broad SMARTS) is 1. The molecule has 0 unspecified atom stereocenters. The van der Waals surface area contributed by atoms with E-state index < -0.39 is 23.6 Å². The molecule has 0 amide bonds. The molecule has 0 saturated carbocycles. The molecule has 2 aromatic rings. The van der Waals surface area contributed by atoms with E-state index in [1.807, 2.05) is 0 Å². The van der Waals surface area contributed by atoms with Crippen LogP contribution in [-0.4, -0.2) is 22.7 Å². The monoisotopic (exact) mass is 375 g/mol. The second kappa shape index (κ2) is 7.60. The van der Waals surface area contributed by atoms with Gasteiger partial charge in [0, 0.05) is 6.20 Å². The van der Waals surface area contributed by atoms with Crippen LogP contribution in [-0.2, 0) is 11.0 Å². The van der Waals surface area contributed by atoms with Gasteiger partial charge in [-0.15, -0.1) is 0 Å². The second-order valence-electron chi connectivity index (χ2n) is 5.13. The summed E-state index contributed by atoms with van der Waals surface area (Å²) >= 11 is 5.76. The van der Waals surface area contributed by atoms with E-state index in [1.54, 1.807) is 0 Å². The van der Waals surface area contributed by atoms with Gasteiger partial charge in [-0.1, -0.05) is 11.6 Å². The van der Waals surface area contributed by atoms with Crippen molar-refractivity contribution in [1.29, 1.82) is 0 Å². The van der Waals surface area contributed by atoms with Crippen LogP contribution >= 0.6 is 11.6 Å². The predicted molar refractivity (Wildman–Crippen MR) is 83.1 cm³/mol. The third-order valence-corrected chi connectivity index (χ3v) is 3.37. The molecule has 5 nitrogen and oxygen atoms in total. The van der Waals surface area contributed by atoms with Crippen molar-refractivity contribution in [3.63, 3.8) is 0 Å². The van der Waals surface area contributed by atoms with Gasteiger partial charge in [0.15, 0.2) is 0 Å². The van der Waals surface area contributed by atoms with Crippen LogP contribution in [0.5, 0.6) is 17.4 Å². The van der Waals surface area contributed by atoms with Gasteiger partial charge in [0.05, 0.1) is 11.5 Å². The number of hydrogen-bond acceptors (Lipinski definition) is 4. The largest absolute Gasteiger partial charge is 0.493 e. The molecule has 0 spiro atoms. The summed E-state index contributed by atoms with van der Waals surface area (Å²) in [6.45, 7) is 1.51. The van der Waals surface area contributed by atoms with Crippen LogP contribution in [0.4, 0.5) is 13.2 Å². The van der Waals surface area contributed by atoms with Gasteiger partial charge < -0.3 is 14.6 Å². The fourth-order valence-corrected chi connectivity index (χ4v) is 1.87. The first-order valence-electron chi connectivity index (χ1n) is 7.03. The van der Waals surface area contributed by atoms with Crippen molar-refractivity contribution in [1.82, 2.24) is 4.98 Å². The molecule has 0 radical (unpaired) electrons. The highest BCUT2D eigenvalue weighted by molar-refractivity contribution is 6.31. The van der Waals surface area contributed by atoms with Gasteiger partial charge in [-0.2, -0.15) is 13.2 Å². The minimum atomic E-state index is -4.54. The van der Waals surface area contributed by atoms with Gasteiger partial charge in [-0.3, -0.25) is 4.79 Å². The summed E-state index contributed by atoms with van der Waals surface area (Å²) in [5, 5.41) is 8.50. The molecule has 134 valence electrons. The summed E-state index contributed by atoms with van der Waals surface area (Å²) in [6.07, 6.45) is -3.91. The summed E-state index contributed by atoms with van der Waals surface area (Å²) < 4.78 is 48.3. The maximum absolute atomic E-state index is 12.6. The number of carboxylic acids is 1. The van der Waals surface area contributed by atoms with Crippen LogP contribution in [0, 0.1) is 5.92 Å². The van der Waals surface area contributed by atoms with E-state index in [2.05, 4.69) is 4.98 Å². The topological polar surface area (TPSA) is 68.7 Å². The highest BCUT2D eigenvalue weighted by Gasteiger charge is 2.31. The maximum Gasteiger partial charge on any atom is 0.417 e. The Bertz CT molecular complexity index is 750. The highest BCUT2D eigenvalue weighted by Crippen LogP contribution is 2.34. The van der Waals surface area contributed by atoms with Gasteiger partial charge in [0.1, 0.15) is 23.1 Å². The van der Waals surface area contributed by atoms with E-state index >= 15 is 0 Å². The maximum atomic E-state index is 12.6. The minimum Gasteiger partial charge on any atom is -0.493 e. The van der Waals surface area contributed by atoms with Gasteiger partial charge >= 0.3 is 12.1 Å². The average Bonchev–Trinajstić information content (AvgIpc) is 2.54. The summed E-state index contributed by atoms with van der Waals surface area (Å²) in [7, 11) is 0. The zero-order valence-electron chi connectivity index (χ0n) is 12.9. The van der Waals surface area contributed by atoms with Crippen LogP contribution in [0.15, 0.2) is 36.5 Å². The van der Waals surface area contributed by atoms with Crippen molar-refractivity contribution in [2.75, 3.05) is 6.61 Å². The van der Waals surface area contributed by atoms with Gasteiger partial charge in [0.25, 0.3) is 0 Å². The smallest absolute Gasteiger partial charge is 0.417 e. The fraction of sp³-hybridized carbons (Fsp3) is 0.250. The predicted octanol–water partition coefficient (Wildman–Crippen LogP) is 4.65. The lowest BCUT2D eigenvalue weighted by Crippen LogP contribution is -2.17. The average molecular weight is 376 g/mol. The van der Waals surface area contributed by atoms with Gasteiger partial charge in [-0.05, 0) is 37.3 Å². The molecule has 0 aliphatic heterocycles. The van der Waals surface area contributed by atoms with Crippen LogP contribution in [0.1, 0.15) is 12.5 Å². The summed E-state index contributed by atoms with van der Waals surface area (Å²) in [6, 6.07) is 6.78. The Balaban J connectivity index is 2.03. The van der Waals surface area contributed by atoms with Crippen molar-refractivity contribution in [3.05, 3.63) is 47.1 Å². The number of benzene rings is 1. The van der Waals surface area contributed by atoms with Crippen molar-refractivity contribution in [3.8, 4) is 17.4 Å². The van der Waals surface area contributed by atoms with Crippen molar-refractivity contribution >= 4 is 17.6 Å². The van der Waals surface area contributed by atoms with Crippen molar-refractivity contribution in [2.24, 2.45) is 5.92 Å². The standard InChI is InChI=1S/C16H13ClF3NO4/c1-9(15(22)23)8-24-11-2-4-12(5-3-11)25-14-13(17)6-10(7-21-14)16(18,19)20/h2-7,9H,8H2,1H3,(H,22,23)/t9-/m1/s1. The summed E-state index contributed by atoms with van der Waals surface area (Å²) in [5.74, 6) is -1.09. The molecular weight excluding hydrogens is 363 g/mol. The molecule has 25 heavy (non-hydrogen) atoms. The number of halogens is 4. The molecule has 1 atom stereocenters. The molecule has 9 heteroatoms. The zero-order valence-corrected chi connectivity index (χ0v) is 13.6. The normalized spacial score (nSPS) is 12.5. The van der Waals surface area contributed by atoms with Gasteiger partial charge in [-0.25, -0.2) is 4.98 Å². The van der Waals surface area contributed by atoms with Gasteiger partial charge in [0.2, 0.25) is 5.88 Å². The number of hydrogen-bond donors (Lipinski definition) is 1. The molecule has 0 bridgehead atoms. The summed E-state index contributed by atoms with van der Waals surface area (Å²) in [5.41, 5.74) is -0.971. The number of alkyl halides is 3. The molecule has 1 aromatic carbocycles. The SMILES string of the molecule is C[C@H](COc1ccc(Oc2ncc(C(F)(F)F)cc2Cl)cc1)C(=O)O. The number of carbonyl (C=O) groups is 1.